The van der Waals surface area contributed by atoms with Crippen LogP contribution in [0.2, 0.25) is 0 Å². The Kier molecular flexibility index (Phi) is 3.61. The third-order valence-electron chi connectivity index (χ3n) is 2.49. The van der Waals surface area contributed by atoms with E-state index in [4.69, 9.17) is 8.94 Å². The van der Waals surface area contributed by atoms with Gasteiger partial charge in [0.25, 0.3) is 0 Å². The number of oxazole rings is 1. The number of rotatable bonds is 4. The number of amides is 2. The van der Waals surface area contributed by atoms with Crippen LogP contribution in [-0.2, 0) is 6.42 Å². The van der Waals surface area contributed by atoms with Gasteiger partial charge in [-0.3, -0.25) is 5.32 Å². The summed E-state index contributed by atoms with van der Waals surface area (Å²) in [5.74, 6) is 0.780. The largest absolute Gasteiger partial charge is 0.432 e. The smallest absolute Gasteiger partial charge is 0.322 e. The van der Waals surface area contributed by atoms with E-state index < -0.39 is 0 Å². The standard InChI is InChI=1S/C11H14N4O3/c1-7-9(8(2)18-15-7)3-4-12-10(16)14-11-13-5-6-17-11/h5-6H,3-4H2,1-2H3,(H2,12,13,14,16). The first-order valence-electron chi connectivity index (χ1n) is 5.53. The summed E-state index contributed by atoms with van der Waals surface area (Å²) < 4.78 is 9.92. The molecule has 0 saturated heterocycles. The van der Waals surface area contributed by atoms with Gasteiger partial charge in [-0.15, -0.1) is 0 Å². The molecule has 96 valence electrons. The van der Waals surface area contributed by atoms with Crippen LogP contribution in [0.1, 0.15) is 17.0 Å². The molecule has 2 heterocycles. The number of urea groups is 1. The lowest BCUT2D eigenvalue weighted by molar-refractivity contribution is 0.251. The number of nitrogens with zero attached hydrogens (tertiary/aromatic N) is 2. The maximum Gasteiger partial charge on any atom is 0.322 e. The third-order valence-corrected chi connectivity index (χ3v) is 2.49. The quantitative estimate of drug-likeness (QED) is 0.860. The second-order valence-corrected chi connectivity index (χ2v) is 3.77. The van der Waals surface area contributed by atoms with Crippen LogP contribution in [0.25, 0.3) is 0 Å². The molecule has 0 atom stereocenters. The van der Waals surface area contributed by atoms with Crippen molar-refractivity contribution in [3.05, 3.63) is 29.5 Å². The fourth-order valence-corrected chi connectivity index (χ4v) is 1.59. The lowest BCUT2D eigenvalue weighted by atomic mass is 10.1. The minimum absolute atomic E-state index is 0.171. The van der Waals surface area contributed by atoms with Crippen molar-refractivity contribution in [2.24, 2.45) is 0 Å². The Hall–Kier alpha value is -2.31. The van der Waals surface area contributed by atoms with Gasteiger partial charge < -0.3 is 14.3 Å². The van der Waals surface area contributed by atoms with E-state index in [1.807, 2.05) is 13.8 Å². The summed E-state index contributed by atoms with van der Waals surface area (Å²) in [5, 5.41) is 9.00. The summed E-state index contributed by atoms with van der Waals surface area (Å²) in [6, 6.07) is -0.186. The fraction of sp³-hybridized carbons (Fsp3) is 0.364. The summed E-state index contributed by atoms with van der Waals surface area (Å²) in [7, 11) is 0. The number of aryl methyl sites for hydroxylation is 2. The molecular formula is C11H14N4O3. The molecule has 0 spiro atoms. The monoisotopic (exact) mass is 250 g/mol. The van der Waals surface area contributed by atoms with Gasteiger partial charge in [-0.2, -0.15) is 0 Å². The number of carbonyl (C=O) groups excluding carboxylic acids is 1. The zero-order chi connectivity index (χ0) is 13.0. The van der Waals surface area contributed by atoms with E-state index in [1.165, 1.54) is 12.5 Å². The lowest BCUT2D eigenvalue weighted by Crippen LogP contribution is -2.30. The van der Waals surface area contributed by atoms with Crippen LogP contribution >= 0.6 is 0 Å². The van der Waals surface area contributed by atoms with Crippen molar-refractivity contribution in [2.75, 3.05) is 11.9 Å². The highest BCUT2D eigenvalue weighted by molar-refractivity contribution is 5.86. The first-order chi connectivity index (χ1) is 8.66. The molecule has 7 nitrogen and oxygen atoms in total. The van der Waals surface area contributed by atoms with Crippen LogP contribution in [-0.4, -0.2) is 22.7 Å². The summed E-state index contributed by atoms with van der Waals surface area (Å²) in [6.45, 7) is 4.20. The van der Waals surface area contributed by atoms with Gasteiger partial charge in [0.15, 0.2) is 0 Å². The van der Waals surface area contributed by atoms with E-state index in [0.717, 1.165) is 17.0 Å². The Labute approximate surface area is 104 Å². The van der Waals surface area contributed by atoms with Crippen molar-refractivity contribution < 1.29 is 13.7 Å². The average Bonchev–Trinajstić information content (AvgIpc) is 2.93. The predicted octanol–water partition coefficient (Wildman–Crippen LogP) is 1.64. The average molecular weight is 250 g/mol. The first-order valence-corrected chi connectivity index (χ1v) is 5.53. The Balaban J connectivity index is 1.77. The van der Waals surface area contributed by atoms with Crippen molar-refractivity contribution in [1.82, 2.24) is 15.5 Å². The predicted molar refractivity (Wildman–Crippen MR) is 63.2 cm³/mol. The van der Waals surface area contributed by atoms with Crippen LogP contribution in [0.4, 0.5) is 10.8 Å². The highest BCUT2D eigenvalue weighted by atomic mass is 16.5. The van der Waals surface area contributed by atoms with E-state index in [9.17, 15) is 4.79 Å². The Bertz CT molecular complexity index is 499. The molecule has 2 amide bonds. The number of carbonyl (C=O) groups is 1. The van der Waals surface area contributed by atoms with E-state index in [1.54, 1.807) is 0 Å². The van der Waals surface area contributed by atoms with Crippen LogP contribution in [0.5, 0.6) is 0 Å². The molecule has 0 aliphatic heterocycles. The van der Waals surface area contributed by atoms with Crippen molar-refractivity contribution in [3.63, 3.8) is 0 Å². The third kappa shape index (κ3) is 2.88. The molecule has 0 saturated carbocycles. The molecule has 0 aliphatic rings. The number of anilines is 1. The topological polar surface area (TPSA) is 93.2 Å². The van der Waals surface area contributed by atoms with Crippen molar-refractivity contribution >= 4 is 12.0 Å². The van der Waals surface area contributed by atoms with E-state index in [0.29, 0.717) is 13.0 Å². The highest BCUT2D eigenvalue weighted by Crippen LogP contribution is 2.12. The van der Waals surface area contributed by atoms with Crippen LogP contribution in [0.3, 0.4) is 0 Å². The van der Waals surface area contributed by atoms with Crippen LogP contribution in [0, 0.1) is 13.8 Å². The normalized spacial score (nSPS) is 10.3. The summed E-state index contributed by atoms with van der Waals surface area (Å²) in [4.78, 5) is 15.2. The lowest BCUT2D eigenvalue weighted by Gasteiger charge is -2.04. The maximum absolute atomic E-state index is 11.4. The van der Waals surface area contributed by atoms with Gasteiger partial charge in [0.1, 0.15) is 12.0 Å². The van der Waals surface area contributed by atoms with Crippen molar-refractivity contribution in [2.45, 2.75) is 20.3 Å². The summed E-state index contributed by atoms with van der Waals surface area (Å²) >= 11 is 0. The van der Waals surface area contributed by atoms with Crippen molar-refractivity contribution in [3.8, 4) is 0 Å². The van der Waals surface area contributed by atoms with Gasteiger partial charge in [0.05, 0.1) is 11.9 Å². The fourth-order valence-electron chi connectivity index (χ4n) is 1.59. The molecule has 0 aliphatic carbocycles. The molecule has 2 aromatic heterocycles. The van der Waals surface area contributed by atoms with Gasteiger partial charge in [-0.05, 0) is 20.3 Å². The zero-order valence-corrected chi connectivity index (χ0v) is 10.2. The first kappa shape index (κ1) is 12.2. The number of nitrogens with one attached hydrogen (secondary N) is 2. The Morgan fingerprint density at radius 2 is 2.28 bits per heavy atom. The minimum atomic E-state index is -0.357. The van der Waals surface area contributed by atoms with Gasteiger partial charge in [0.2, 0.25) is 0 Å². The van der Waals surface area contributed by atoms with Gasteiger partial charge in [-0.1, -0.05) is 5.16 Å². The molecule has 0 aromatic carbocycles. The number of aromatic nitrogens is 2. The second-order valence-electron chi connectivity index (χ2n) is 3.77. The molecule has 18 heavy (non-hydrogen) atoms. The Morgan fingerprint density at radius 1 is 1.44 bits per heavy atom. The Morgan fingerprint density at radius 3 is 2.89 bits per heavy atom. The molecule has 0 radical (unpaired) electrons. The highest BCUT2D eigenvalue weighted by Gasteiger charge is 2.09. The second kappa shape index (κ2) is 5.35. The maximum atomic E-state index is 11.4. The van der Waals surface area contributed by atoms with E-state index in [-0.39, 0.29) is 12.0 Å². The SMILES string of the molecule is Cc1noc(C)c1CCNC(=O)Nc1ncco1. The molecule has 7 heteroatoms. The molecule has 0 unspecified atom stereocenters. The molecule has 2 N–H and O–H groups in total. The molecular weight excluding hydrogens is 236 g/mol. The molecule has 0 fully saturated rings. The minimum Gasteiger partial charge on any atom is -0.432 e. The van der Waals surface area contributed by atoms with Gasteiger partial charge in [-0.25, -0.2) is 9.78 Å². The number of hydrogen-bond donors (Lipinski definition) is 2. The summed E-state index contributed by atoms with van der Waals surface area (Å²) in [5.41, 5.74) is 1.87. The van der Waals surface area contributed by atoms with Gasteiger partial charge in [0, 0.05) is 12.1 Å². The molecule has 2 rings (SSSR count). The molecule has 0 bridgehead atoms. The van der Waals surface area contributed by atoms with E-state index in [2.05, 4.69) is 20.8 Å². The van der Waals surface area contributed by atoms with E-state index >= 15 is 0 Å². The summed E-state index contributed by atoms with van der Waals surface area (Å²) in [6.07, 6.45) is 3.51. The zero-order valence-electron chi connectivity index (χ0n) is 10.2. The van der Waals surface area contributed by atoms with Crippen LogP contribution in [0.15, 0.2) is 21.4 Å². The van der Waals surface area contributed by atoms with Gasteiger partial charge >= 0.3 is 12.0 Å². The number of hydrogen-bond acceptors (Lipinski definition) is 5. The molecule has 2 aromatic rings. The van der Waals surface area contributed by atoms with Crippen molar-refractivity contribution in [1.29, 1.82) is 0 Å². The van der Waals surface area contributed by atoms with Crippen LogP contribution < -0.4 is 10.6 Å².